The van der Waals surface area contributed by atoms with Gasteiger partial charge in [0.05, 0.1) is 4.75 Å². The van der Waals surface area contributed by atoms with E-state index in [4.69, 9.17) is 5.11 Å². The van der Waals surface area contributed by atoms with E-state index in [0.29, 0.717) is 11.1 Å². The molecule has 0 aliphatic heterocycles. The second-order valence-electron chi connectivity index (χ2n) is 5.07. The largest absolute Gasteiger partial charge is 0.478 e. The van der Waals surface area contributed by atoms with E-state index in [0.717, 1.165) is 6.08 Å². The molecule has 0 heterocycles. The van der Waals surface area contributed by atoms with Crippen molar-refractivity contribution >= 4 is 24.4 Å². The van der Waals surface area contributed by atoms with Crippen LogP contribution in [-0.2, 0) is 9.59 Å². The minimum Gasteiger partial charge on any atom is -0.478 e. The average Bonchev–Trinajstić information content (AvgIpc) is 2.21. The summed E-state index contributed by atoms with van der Waals surface area (Å²) in [5.74, 6) is -1.13. The third-order valence-electron chi connectivity index (χ3n) is 3.26. The molecule has 0 saturated carbocycles. The second kappa shape index (κ2) is 5.35. The summed E-state index contributed by atoms with van der Waals surface area (Å²) in [6.45, 7) is 4.97. The molecule has 19 heavy (non-hydrogen) atoms. The predicted molar refractivity (Wildman–Crippen MR) is 76.3 cm³/mol. The number of carbonyl (C=O) groups excluding carboxylic acids is 1. The maximum atomic E-state index is 11.5. The van der Waals surface area contributed by atoms with Crippen LogP contribution in [0.15, 0.2) is 35.5 Å². The summed E-state index contributed by atoms with van der Waals surface area (Å²) in [6, 6.07) is 0. The first-order chi connectivity index (χ1) is 8.58. The van der Waals surface area contributed by atoms with Gasteiger partial charge < -0.3 is 10.2 Å². The zero-order chi connectivity index (χ0) is 14.8. The zero-order valence-electron chi connectivity index (χ0n) is 11.2. The van der Waals surface area contributed by atoms with Crippen molar-refractivity contribution in [1.82, 2.24) is 0 Å². The molecule has 0 amide bonds. The van der Waals surface area contributed by atoms with Crippen molar-refractivity contribution in [3.8, 4) is 0 Å². The molecule has 5 heteroatoms. The summed E-state index contributed by atoms with van der Waals surface area (Å²) in [6.07, 6.45) is 5.58. The van der Waals surface area contributed by atoms with Crippen LogP contribution >= 0.6 is 12.6 Å². The average molecular weight is 282 g/mol. The van der Waals surface area contributed by atoms with Gasteiger partial charge in [-0.2, -0.15) is 12.6 Å². The number of allylic oxidation sites excluding steroid dienone is 3. The van der Waals surface area contributed by atoms with Crippen LogP contribution in [0.4, 0.5) is 0 Å². The van der Waals surface area contributed by atoms with Crippen molar-refractivity contribution in [2.24, 2.45) is 0 Å². The van der Waals surface area contributed by atoms with Gasteiger partial charge in [0.2, 0.25) is 0 Å². The van der Waals surface area contributed by atoms with Gasteiger partial charge in [0.15, 0.2) is 5.78 Å². The van der Waals surface area contributed by atoms with Gasteiger partial charge in [-0.15, -0.1) is 0 Å². The fraction of sp³-hybridized carbons (Fsp3) is 0.429. The summed E-state index contributed by atoms with van der Waals surface area (Å²) in [7, 11) is 0. The molecule has 0 aromatic carbocycles. The standard InChI is InChI=1S/C14H18O4S/c1-9(6-12(16)17)4-5-14(18)10(2)7-11(15)8-13(14,3)19/h4-7,18-19H,8H2,1-3H3,(H,16,17)/b5-4+,9-6-/t13-,14+/m0/s1. The lowest BCUT2D eigenvalue weighted by Crippen LogP contribution is -2.51. The van der Waals surface area contributed by atoms with Crippen LogP contribution in [0.5, 0.6) is 0 Å². The van der Waals surface area contributed by atoms with Gasteiger partial charge in [0.25, 0.3) is 0 Å². The Balaban J connectivity index is 3.15. The molecule has 1 aliphatic carbocycles. The number of carboxylic acids is 1. The Morgan fingerprint density at radius 2 is 2.11 bits per heavy atom. The monoisotopic (exact) mass is 282 g/mol. The molecule has 0 fully saturated rings. The van der Waals surface area contributed by atoms with E-state index in [1.165, 1.54) is 18.2 Å². The molecule has 1 rings (SSSR count). The third-order valence-corrected chi connectivity index (χ3v) is 3.76. The van der Waals surface area contributed by atoms with E-state index < -0.39 is 16.3 Å². The molecule has 2 atom stereocenters. The Labute approximate surface area is 117 Å². The molecule has 0 saturated heterocycles. The molecule has 1 aliphatic rings. The number of aliphatic carboxylic acids is 1. The van der Waals surface area contributed by atoms with Crippen molar-refractivity contribution < 1.29 is 19.8 Å². The normalized spacial score (nSPS) is 32.6. The fourth-order valence-electron chi connectivity index (χ4n) is 2.11. The summed E-state index contributed by atoms with van der Waals surface area (Å²) < 4.78 is -0.928. The number of hydrogen-bond acceptors (Lipinski definition) is 4. The SMILES string of the molecule is CC1=CC(=O)C[C@](C)(S)[C@@]1(O)/C=C/C(C)=C\C(=O)O. The number of hydrogen-bond donors (Lipinski definition) is 3. The minimum absolute atomic E-state index is 0.0779. The number of carboxylic acid groups (broad SMARTS) is 1. The Morgan fingerprint density at radius 1 is 1.53 bits per heavy atom. The van der Waals surface area contributed by atoms with Crippen LogP contribution < -0.4 is 0 Å². The molecular weight excluding hydrogens is 264 g/mol. The highest BCUT2D eigenvalue weighted by molar-refractivity contribution is 7.82. The number of ketones is 1. The van der Waals surface area contributed by atoms with Crippen molar-refractivity contribution in [3.63, 3.8) is 0 Å². The topological polar surface area (TPSA) is 74.6 Å². The van der Waals surface area contributed by atoms with Crippen molar-refractivity contribution in [1.29, 1.82) is 0 Å². The molecular formula is C14H18O4S. The fourth-order valence-corrected chi connectivity index (χ4v) is 2.51. The van der Waals surface area contributed by atoms with Crippen LogP contribution in [0.1, 0.15) is 27.2 Å². The molecule has 0 aromatic rings. The Morgan fingerprint density at radius 3 is 2.58 bits per heavy atom. The first-order valence-electron chi connectivity index (χ1n) is 5.85. The summed E-state index contributed by atoms with van der Waals surface area (Å²) in [5.41, 5.74) is -0.382. The van der Waals surface area contributed by atoms with Gasteiger partial charge in [-0.25, -0.2) is 4.79 Å². The maximum Gasteiger partial charge on any atom is 0.328 e. The van der Waals surface area contributed by atoms with Gasteiger partial charge in [-0.3, -0.25) is 4.79 Å². The van der Waals surface area contributed by atoms with E-state index in [9.17, 15) is 14.7 Å². The highest BCUT2D eigenvalue weighted by Gasteiger charge is 2.47. The number of rotatable bonds is 3. The van der Waals surface area contributed by atoms with Crippen LogP contribution in [0, 0.1) is 0 Å². The van der Waals surface area contributed by atoms with E-state index in [1.54, 1.807) is 20.8 Å². The predicted octanol–water partition coefficient (Wildman–Crippen LogP) is 1.91. The van der Waals surface area contributed by atoms with Crippen LogP contribution in [0.2, 0.25) is 0 Å². The van der Waals surface area contributed by atoms with Gasteiger partial charge in [-0.05, 0) is 44.1 Å². The highest BCUT2D eigenvalue weighted by Crippen LogP contribution is 2.42. The van der Waals surface area contributed by atoms with Crippen molar-refractivity contribution in [3.05, 3.63) is 35.5 Å². The van der Waals surface area contributed by atoms with Crippen LogP contribution in [0.3, 0.4) is 0 Å². The van der Waals surface area contributed by atoms with E-state index in [1.807, 2.05) is 0 Å². The highest BCUT2D eigenvalue weighted by atomic mass is 32.1. The molecule has 2 N–H and O–H groups in total. The van der Waals surface area contributed by atoms with E-state index in [-0.39, 0.29) is 12.2 Å². The van der Waals surface area contributed by atoms with Gasteiger partial charge in [0, 0.05) is 12.5 Å². The molecule has 104 valence electrons. The van der Waals surface area contributed by atoms with Gasteiger partial charge in [0.1, 0.15) is 5.60 Å². The Hall–Kier alpha value is -1.33. The van der Waals surface area contributed by atoms with Crippen molar-refractivity contribution in [2.45, 2.75) is 37.5 Å². The Kier molecular flexibility index (Phi) is 4.43. The van der Waals surface area contributed by atoms with Crippen molar-refractivity contribution in [2.75, 3.05) is 0 Å². The lowest BCUT2D eigenvalue weighted by atomic mass is 9.74. The third kappa shape index (κ3) is 3.36. The molecule has 0 unspecified atom stereocenters. The zero-order valence-corrected chi connectivity index (χ0v) is 12.1. The number of aliphatic hydroxyl groups is 1. The molecule has 4 nitrogen and oxygen atoms in total. The lowest BCUT2D eigenvalue weighted by Gasteiger charge is -2.43. The summed E-state index contributed by atoms with van der Waals surface area (Å²) >= 11 is 4.39. The van der Waals surface area contributed by atoms with Crippen LogP contribution in [0.25, 0.3) is 0 Å². The smallest absolute Gasteiger partial charge is 0.328 e. The first kappa shape index (κ1) is 15.7. The number of carbonyl (C=O) groups is 2. The quantitative estimate of drug-likeness (QED) is 0.420. The minimum atomic E-state index is -1.38. The van der Waals surface area contributed by atoms with Crippen LogP contribution in [-0.4, -0.2) is 32.3 Å². The van der Waals surface area contributed by atoms with Gasteiger partial charge >= 0.3 is 5.97 Å². The molecule has 0 spiro atoms. The summed E-state index contributed by atoms with van der Waals surface area (Å²) in [4.78, 5) is 22.0. The second-order valence-corrected chi connectivity index (χ2v) is 6.06. The molecule has 0 aromatic heterocycles. The molecule has 0 radical (unpaired) electrons. The summed E-state index contributed by atoms with van der Waals surface area (Å²) in [5, 5.41) is 19.3. The first-order valence-corrected chi connectivity index (χ1v) is 6.30. The Bertz CT molecular complexity index is 500. The van der Waals surface area contributed by atoms with Gasteiger partial charge in [-0.1, -0.05) is 6.08 Å². The maximum absolute atomic E-state index is 11.5. The van der Waals surface area contributed by atoms with E-state index >= 15 is 0 Å². The molecule has 0 bridgehead atoms. The number of thiol groups is 1. The van der Waals surface area contributed by atoms with E-state index in [2.05, 4.69) is 12.6 Å². The lowest BCUT2D eigenvalue weighted by molar-refractivity contribution is -0.131.